The summed E-state index contributed by atoms with van der Waals surface area (Å²) in [6.45, 7) is 0.566. The van der Waals surface area contributed by atoms with Crippen LogP contribution in [0.15, 0.2) is 18.2 Å². The van der Waals surface area contributed by atoms with Gasteiger partial charge in [0.15, 0.2) is 0 Å². The molecule has 160 valence electrons. The smallest absolute Gasteiger partial charge is 0.336 e. The van der Waals surface area contributed by atoms with Crippen LogP contribution in [0.5, 0.6) is 0 Å². The number of aromatic carboxylic acids is 1. The molecule has 0 spiro atoms. The largest absolute Gasteiger partial charge is 0.478 e. The van der Waals surface area contributed by atoms with Crippen LogP contribution in [0.1, 0.15) is 60.9 Å². The lowest BCUT2D eigenvalue weighted by Crippen LogP contribution is -2.52. The molecule has 0 saturated heterocycles. The van der Waals surface area contributed by atoms with Crippen LogP contribution >= 0.6 is 0 Å². The van der Waals surface area contributed by atoms with Crippen LogP contribution in [0, 0.1) is 17.7 Å². The fourth-order valence-electron chi connectivity index (χ4n) is 4.33. The summed E-state index contributed by atoms with van der Waals surface area (Å²) in [7, 11) is 1.86. The van der Waals surface area contributed by atoms with Crippen molar-refractivity contribution in [3.8, 4) is 0 Å². The number of benzene rings is 1. The molecule has 2 saturated carbocycles. The minimum atomic E-state index is -1.09. The van der Waals surface area contributed by atoms with E-state index in [1.54, 1.807) is 0 Å². The Labute approximate surface area is 171 Å². The quantitative estimate of drug-likeness (QED) is 0.692. The second kappa shape index (κ2) is 9.67. The van der Waals surface area contributed by atoms with Gasteiger partial charge in [-0.25, -0.2) is 9.18 Å². The molecule has 0 unspecified atom stereocenters. The standard InChI is InChI=1S/C22H31FN2O4/c1-25(18-3-2-4-18)21(26)20(24)15-7-5-14(6-8-15)12-29-13-16-11-17(23)9-10-19(16)22(27)28/h9-11,14-15,18,20H,2-8,12-13,24H2,1H3,(H,27,28)/t14?,15?,20-/m0/s1. The van der Waals surface area contributed by atoms with Crippen molar-refractivity contribution in [2.75, 3.05) is 13.7 Å². The third-order valence-electron chi connectivity index (χ3n) is 6.56. The van der Waals surface area contributed by atoms with Crippen LogP contribution in [0.4, 0.5) is 4.39 Å². The van der Waals surface area contributed by atoms with Crippen molar-refractivity contribution in [3.63, 3.8) is 0 Å². The van der Waals surface area contributed by atoms with E-state index in [-0.39, 0.29) is 24.0 Å². The summed E-state index contributed by atoms with van der Waals surface area (Å²) in [5.41, 5.74) is 6.69. The van der Waals surface area contributed by atoms with Gasteiger partial charge in [0.1, 0.15) is 5.82 Å². The number of amides is 1. The van der Waals surface area contributed by atoms with Crippen molar-refractivity contribution in [2.45, 2.75) is 63.6 Å². The Bertz CT molecular complexity index is 730. The first-order valence-electron chi connectivity index (χ1n) is 10.5. The lowest BCUT2D eigenvalue weighted by Gasteiger charge is -2.38. The highest BCUT2D eigenvalue weighted by Gasteiger charge is 2.34. The van der Waals surface area contributed by atoms with Gasteiger partial charge in [-0.05, 0) is 80.5 Å². The average molecular weight is 406 g/mol. The van der Waals surface area contributed by atoms with E-state index in [4.69, 9.17) is 10.5 Å². The average Bonchev–Trinajstić information content (AvgIpc) is 2.66. The zero-order chi connectivity index (χ0) is 21.0. The normalized spacial score (nSPS) is 23.3. The van der Waals surface area contributed by atoms with E-state index in [9.17, 15) is 19.1 Å². The number of hydrogen-bond donors (Lipinski definition) is 2. The van der Waals surface area contributed by atoms with Gasteiger partial charge in [-0.1, -0.05) is 0 Å². The fourth-order valence-corrected chi connectivity index (χ4v) is 4.33. The number of nitrogens with two attached hydrogens (primary N) is 1. The summed E-state index contributed by atoms with van der Waals surface area (Å²) < 4.78 is 19.1. The minimum Gasteiger partial charge on any atom is -0.478 e. The van der Waals surface area contributed by atoms with Gasteiger partial charge >= 0.3 is 5.97 Å². The van der Waals surface area contributed by atoms with E-state index in [0.29, 0.717) is 24.1 Å². The molecule has 6 nitrogen and oxygen atoms in total. The minimum absolute atomic E-state index is 0.0571. The van der Waals surface area contributed by atoms with Crippen molar-refractivity contribution in [2.24, 2.45) is 17.6 Å². The number of halogens is 1. The first-order chi connectivity index (χ1) is 13.9. The molecule has 29 heavy (non-hydrogen) atoms. The maximum atomic E-state index is 13.4. The maximum Gasteiger partial charge on any atom is 0.336 e. The van der Waals surface area contributed by atoms with Crippen LogP contribution in [-0.2, 0) is 16.1 Å². The van der Waals surface area contributed by atoms with Gasteiger partial charge in [0, 0.05) is 19.7 Å². The fraction of sp³-hybridized carbons (Fsp3) is 0.636. The highest BCUT2D eigenvalue weighted by molar-refractivity contribution is 5.89. The number of hydrogen-bond acceptors (Lipinski definition) is 4. The molecule has 3 N–H and O–H groups in total. The van der Waals surface area contributed by atoms with Crippen molar-refractivity contribution in [3.05, 3.63) is 35.1 Å². The van der Waals surface area contributed by atoms with Crippen LogP contribution in [-0.4, -0.2) is 47.6 Å². The predicted molar refractivity (Wildman–Crippen MR) is 107 cm³/mol. The van der Waals surface area contributed by atoms with Gasteiger partial charge in [-0.15, -0.1) is 0 Å². The Balaban J connectivity index is 1.43. The van der Waals surface area contributed by atoms with Gasteiger partial charge in [-0.3, -0.25) is 4.79 Å². The maximum absolute atomic E-state index is 13.4. The first-order valence-corrected chi connectivity index (χ1v) is 10.5. The molecule has 0 aromatic heterocycles. The molecule has 1 atom stereocenters. The molecule has 0 bridgehead atoms. The molecule has 0 radical (unpaired) electrons. The van der Waals surface area contributed by atoms with E-state index in [2.05, 4.69) is 0 Å². The van der Waals surface area contributed by atoms with Gasteiger partial charge in [-0.2, -0.15) is 0 Å². The number of carbonyl (C=O) groups excluding carboxylic acids is 1. The third kappa shape index (κ3) is 5.34. The van der Waals surface area contributed by atoms with E-state index < -0.39 is 17.8 Å². The SMILES string of the molecule is CN(C(=O)[C@@H](N)C1CCC(COCc2cc(F)ccc2C(=O)O)CC1)C1CCC1. The number of carboxylic acids is 1. The summed E-state index contributed by atoms with van der Waals surface area (Å²) in [5.74, 6) is -0.959. The second-order valence-electron chi connectivity index (χ2n) is 8.46. The molecule has 2 aliphatic rings. The topological polar surface area (TPSA) is 92.9 Å². The molecule has 1 aromatic carbocycles. The van der Waals surface area contributed by atoms with Crippen molar-refractivity contribution in [1.82, 2.24) is 4.90 Å². The van der Waals surface area contributed by atoms with E-state index in [1.165, 1.54) is 18.6 Å². The number of likely N-dealkylation sites (N-methyl/N-ethyl adjacent to an activating group) is 1. The summed E-state index contributed by atoms with van der Waals surface area (Å²) >= 11 is 0. The van der Waals surface area contributed by atoms with Gasteiger partial charge in [0.25, 0.3) is 0 Å². The number of nitrogens with zero attached hydrogens (tertiary/aromatic N) is 1. The van der Waals surface area contributed by atoms with Gasteiger partial charge < -0.3 is 20.5 Å². The highest BCUT2D eigenvalue weighted by Crippen LogP contribution is 2.32. The van der Waals surface area contributed by atoms with E-state index in [0.717, 1.165) is 44.6 Å². The number of rotatable bonds is 8. The number of ether oxygens (including phenoxy) is 1. The molecule has 0 aliphatic heterocycles. The lowest BCUT2D eigenvalue weighted by atomic mass is 9.78. The molecular formula is C22H31FN2O4. The van der Waals surface area contributed by atoms with Gasteiger partial charge in [0.05, 0.1) is 18.2 Å². The highest BCUT2D eigenvalue weighted by atomic mass is 19.1. The van der Waals surface area contributed by atoms with E-state index in [1.807, 2.05) is 11.9 Å². The van der Waals surface area contributed by atoms with Crippen LogP contribution in [0.3, 0.4) is 0 Å². The molecular weight excluding hydrogens is 375 g/mol. The van der Waals surface area contributed by atoms with Crippen molar-refractivity contribution in [1.29, 1.82) is 0 Å². The molecule has 2 aliphatic carbocycles. The van der Waals surface area contributed by atoms with Crippen LogP contribution in [0.2, 0.25) is 0 Å². The van der Waals surface area contributed by atoms with Crippen molar-refractivity contribution < 1.29 is 23.8 Å². The third-order valence-corrected chi connectivity index (χ3v) is 6.56. The summed E-state index contributed by atoms with van der Waals surface area (Å²) in [6.07, 6.45) is 6.97. The second-order valence-corrected chi connectivity index (χ2v) is 8.46. The Hall–Kier alpha value is -1.99. The molecule has 1 aromatic rings. The molecule has 0 heterocycles. The monoisotopic (exact) mass is 406 g/mol. The van der Waals surface area contributed by atoms with Crippen LogP contribution in [0.25, 0.3) is 0 Å². The molecule has 1 amide bonds. The van der Waals surface area contributed by atoms with Gasteiger partial charge in [0.2, 0.25) is 5.91 Å². The molecule has 7 heteroatoms. The Morgan fingerprint density at radius 3 is 2.52 bits per heavy atom. The first kappa shape index (κ1) is 21.7. The Morgan fingerprint density at radius 1 is 1.24 bits per heavy atom. The van der Waals surface area contributed by atoms with Crippen LogP contribution < -0.4 is 5.73 Å². The number of carboxylic acid groups (broad SMARTS) is 1. The number of carbonyl (C=O) groups is 2. The van der Waals surface area contributed by atoms with Crippen molar-refractivity contribution >= 4 is 11.9 Å². The summed E-state index contributed by atoms with van der Waals surface area (Å²) in [6, 6.07) is 3.54. The molecule has 3 rings (SSSR count). The zero-order valence-corrected chi connectivity index (χ0v) is 17.0. The summed E-state index contributed by atoms with van der Waals surface area (Å²) in [4.78, 5) is 25.7. The molecule has 2 fully saturated rings. The zero-order valence-electron chi connectivity index (χ0n) is 17.0. The van der Waals surface area contributed by atoms with E-state index >= 15 is 0 Å². The Morgan fingerprint density at radius 2 is 1.93 bits per heavy atom. The Kier molecular flexibility index (Phi) is 7.24. The lowest BCUT2D eigenvalue weighted by molar-refractivity contribution is -0.136. The summed E-state index contributed by atoms with van der Waals surface area (Å²) in [5, 5.41) is 9.20. The predicted octanol–water partition coefficient (Wildman–Crippen LogP) is 3.19.